The lowest BCUT2D eigenvalue weighted by Gasteiger charge is -2.07. The highest BCUT2D eigenvalue weighted by Crippen LogP contribution is 2.01. The van der Waals surface area contributed by atoms with E-state index in [9.17, 15) is 9.59 Å². The molecule has 0 aliphatic heterocycles. The molecule has 1 aromatic heterocycles. The van der Waals surface area contributed by atoms with Crippen LogP contribution < -0.4 is 11.2 Å². The number of nitrogens with one attached hydrogen (secondary N) is 1. The van der Waals surface area contributed by atoms with Crippen molar-refractivity contribution >= 4 is 15.9 Å². The fourth-order valence-electron chi connectivity index (χ4n) is 1.46. The summed E-state index contributed by atoms with van der Waals surface area (Å²) in [6.07, 6.45) is 3.14. The van der Waals surface area contributed by atoms with Crippen molar-refractivity contribution in [2.45, 2.75) is 32.7 Å². The standard InChI is InChI=1S/C10H15BrN2O2/c1-8-7-9(14)12-10(15)13(8)6-4-2-3-5-11/h7H,2-6H2,1H3,(H,12,14,15). The predicted octanol–water partition coefficient (Wildman–Crippen LogP) is 1.41. The van der Waals surface area contributed by atoms with E-state index in [0.29, 0.717) is 6.54 Å². The van der Waals surface area contributed by atoms with Crippen molar-refractivity contribution in [3.8, 4) is 0 Å². The first-order valence-corrected chi connectivity index (χ1v) is 6.14. The van der Waals surface area contributed by atoms with Crippen molar-refractivity contribution in [1.82, 2.24) is 9.55 Å². The Kier molecular flexibility index (Phi) is 4.81. The van der Waals surface area contributed by atoms with E-state index in [-0.39, 0.29) is 11.2 Å². The van der Waals surface area contributed by atoms with Crippen LogP contribution in [-0.4, -0.2) is 14.9 Å². The Morgan fingerprint density at radius 3 is 2.67 bits per heavy atom. The third-order valence-electron chi connectivity index (χ3n) is 2.26. The van der Waals surface area contributed by atoms with Crippen LogP contribution in [0.2, 0.25) is 0 Å². The van der Waals surface area contributed by atoms with Crippen LogP contribution in [0.15, 0.2) is 15.7 Å². The molecule has 0 saturated heterocycles. The van der Waals surface area contributed by atoms with E-state index in [1.165, 1.54) is 6.07 Å². The van der Waals surface area contributed by atoms with Crippen molar-refractivity contribution in [2.75, 3.05) is 5.33 Å². The average Bonchev–Trinajstić information content (AvgIpc) is 2.15. The molecule has 0 aromatic carbocycles. The van der Waals surface area contributed by atoms with Crippen LogP contribution >= 0.6 is 15.9 Å². The zero-order valence-electron chi connectivity index (χ0n) is 8.75. The van der Waals surface area contributed by atoms with E-state index >= 15 is 0 Å². The second kappa shape index (κ2) is 5.90. The van der Waals surface area contributed by atoms with Crippen LogP contribution in [0, 0.1) is 6.92 Å². The summed E-state index contributed by atoms with van der Waals surface area (Å²) in [5.41, 5.74) is 0.0932. The smallest absolute Gasteiger partial charge is 0.298 e. The topological polar surface area (TPSA) is 54.9 Å². The van der Waals surface area contributed by atoms with Crippen LogP contribution in [-0.2, 0) is 6.54 Å². The molecule has 0 spiro atoms. The molecule has 5 heteroatoms. The van der Waals surface area contributed by atoms with E-state index < -0.39 is 0 Å². The summed E-state index contributed by atoms with van der Waals surface area (Å²) in [5, 5.41) is 0.993. The van der Waals surface area contributed by atoms with Gasteiger partial charge in [0.25, 0.3) is 5.56 Å². The zero-order valence-corrected chi connectivity index (χ0v) is 10.3. The zero-order chi connectivity index (χ0) is 11.3. The summed E-state index contributed by atoms with van der Waals surface area (Å²) in [6.45, 7) is 2.45. The van der Waals surface area contributed by atoms with Crippen LogP contribution in [0.1, 0.15) is 25.0 Å². The summed E-state index contributed by atoms with van der Waals surface area (Å²) < 4.78 is 1.61. The number of rotatable bonds is 5. The molecule has 0 saturated carbocycles. The fourth-order valence-corrected chi connectivity index (χ4v) is 1.85. The normalized spacial score (nSPS) is 10.5. The molecule has 1 heterocycles. The minimum atomic E-state index is -0.325. The van der Waals surface area contributed by atoms with Crippen molar-refractivity contribution < 1.29 is 0 Å². The van der Waals surface area contributed by atoms with Gasteiger partial charge >= 0.3 is 5.69 Å². The minimum Gasteiger partial charge on any atom is -0.298 e. The van der Waals surface area contributed by atoms with Crippen LogP contribution in [0.4, 0.5) is 0 Å². The molecular weight excluding hydrogens is 260 g/mol. The van der Waals surface area contributed by atoms with Crippen LogP contribution in [0.5, 0.6) is 0 Å². The van der Waals surface area contributed by atoms with E-state index in [1.54, 1.807) is 11.5 Å². The Bertz CT molecular complexity index is 422. The van der Waals surface area contributed by atoms with Gasteiger partial charge in [0, 0.05) is 23.6 Å². The Morgan fingerprint density at radius 2 is 2.07 bits per heavy atom. The maximum absolute atomic E-state index is 11.4. The van der Waals surface area contributed by atoms with Crippen LogP contribution in [0.3, 0.4) is 0 Å². The first-order valence-electron chi connectivity index (χ1n) is 5.02. The molecule has 0 unspecified atom stereocenters. The molecular formula is C10H15BrN2O2. The van der Waals surface area contributed by atoms with Gasteiger partial charge in [-0.15, -0.1) is 0 Å². The van der Waals surface area contributed by atoms with E-state index in [2.05, 4.69) is 20.9 Å². The summed E-state index contributed by atoms with van der Waals surface area (Å²) in [7, 11) is 0. The molecule has 0 amide bonds. The molecule has 0 atom stereocenters. The molecule has 1 N–H and O–H groups in total. The lowest BCUT2D eigenvalue weighted by Crippen LogP contribution is -2.31. The number of nitrogens with zero attached hydrogens (tertiary/aromatic N) is 1. The summed E-state index contributed by atoms with van der Waals surface area (Å²) >= 11 is 3.36. The van der Waals surface area contributed by atoms with E-state index in [4.69, 9.17) is 0 Å². The molecule has 0 radical (unpaired) electrons. The van der Waals surface area contributed by atoms with E-state index in [0.717, 1.165) is 30.3 Å². The monoisotopic (exact) mass is 274 g/mol. The Hall–Kier alpha value is -0.840. The van der Waals surface area contributed by atoms with Crippen molar-refractivity contribution in [3.63, 3.8) is 0 Å². The number of hydrogen-bond donors (Lipinski definition) is 1. The molecule has 0 aliphatic rings. The number of aromatic amines is 1. The predicted molar refractivity (Wildman–Crippen MR) is 63.7 cm³/mol. The maximum atomic E-state index is 11.4. The number of alkyl halides is 1. The van der Waals surface area contributed by atoms with Gasteiger partial charge in [-0.25, -0.2) is 4.79 Å². The molecule has 0 bridgehead atoms. The Balaban J connectivity index is 2.69. The highest BCUT2D eigenvalue weighted by Gasteiger charge is 2.00. The lowest BCUT2D eigenvalue weighted by atomic mass is 10.2. The van der Waals surface area contributed by atoms with Crippen molar-refractivity contribution in [3.05, 3.63) is 32.6 Å². The SMILES string of the molecule is Cc1cc(=O)[nH]c(=O)n1CCCCCBr. The van der Waals surface area contributed by atoms with Gasteiger partial charge in [-0.2, -0.15) is 0 Å². The quantitative estimate of drug-likeness (QED) is 0.652. The first kappa shape index (κ1) is 12.2. The molecule has 1 aromatic rings. The molecule has 84 valence electrons. The Morgan fingerprint density at radius 1 is 1.33 bits per heavy atom. The van der Waals surface area contributed by atoms with Gasteiger partial charge in [0.05, 0.1) is 0 Å². The molecule has 15 heavy (non-hydrogen) atoms. The largest absolute Gasteiger partial charge is 0.328 e. The number of aromatic nitrogens is 2. The third kappa shape index (κ3) is 3.66. The molecule has 1 rings (SSSR count). The Labute approximate surface area is 96.5 Å². The highest BCUT2D eigenvalue weighted by atomic mass is 79.9. The highest BCUT2D eigenvalue weighted by molar-refractivity contribution is 9.09. The molecule has 0 aliphatic carbocycles. The minimum absolute atomic E-state index is 0.307. The van der Waals surface area contributed by atoms with Gasteiger partial charge in [0.2, 0.25) is 0 Å². The van der Waals surface area contributed by atoms with Crippen LogP contribution in [0.25, 0.3) is 0 Å². The van der Waals surface area contributed by atoms with Gasteiger partial charge in [-0.05, 0) is 19.8 Å². The number of H-pyrrole nitrogens is 1. The van der Waals surface area contributed by atoms with Crippen molar-refractivity contribution in [1.29, 1.82) is 0 Å². The van der Waals surface area contributed by atoms with Gasteiger partial charge < -0.3 is 0 Å². The molecule has 4 nitrogen and oxygen atoms in total. The second-order valence-electron chi connectivity index (χ2n) is 3.48. The average molecular weight is 275 g/mol. The lowest BCUT2D eigenvalue weighted by molar-refractivity contribution is 0.564. The van der Waals surface area contributed by atoms with Gasteiger partial charge in [0.15, 0.2) is 0 Å². The van der Waals surface area contributed by atoms with Gasteiger partial charge in [-0.1, -0.05) is 22.4 Å². The summed E-state index contributed by atoms with van der Waals surface area (Å²) in [5.74, 6) is 0. The van der Waals surface area contributed by atoms with E-state index in [1.807, 2.05) is 0 Å². The number of hydrogen-bond acceptors (Lipinski definition) is 2. The molecule has 0 fully saturated rings. The summed E-state index contributed by atoms with van der Waals surface area (Å²) in [4.78, 5) is 24.7. The number of halogens is 1. The maximum Gasteiger partial charge on any atom is 0.328 e. The second-order valence-corrected chi connectivity index (χ2v) is 4.27. The summed E-state index contributed by atoms with van der Waals surface area (Å²) in [6, 6.07) is 1.45. The first-order chi connectivity index (χ1) is 7.15. The van der Waals surface area contributed by atoms with Crippen molar-refractivity contribution in [2.24, 2.45) is 0 Å². The number of aryl methyl sites for hydroxylation is 1. The number of unbranched alkanes of at least 4 members (excludes halogenated alkanes) is 2. The van der Waals surface area contributed by atoms with Gasteiger partial charge in [-0.3, -0.25) is 14.3 Å². The third-order valence-corrected chi connectivity index (χ3v) is 2.82. The van der Waals surface area contributed by atoms with Gasteiger partial charge in [0.1, 0.15) is 0 Å². The fraction of sp³-hybridized carbons (Fsp3) is 0.600.